The number of carbonyl (C=O) groups excluding carboxylic acids is 1. The van der Waals surface area contributed by atoms with Crippen LogP contribution >= 0.6 is 31.9 Å². The Morgan fingerprint density at radius 3 is 2.53 bits per heavy atom. The van der Waals surface area contributed by atoms with Gasteiger partial charge in [0.1, 0.15) is 4.32 Å². The fraction of sp³-hybridized carbons (Fsp3) is 0.400. The minimum Gasteiger partial charge on any atom is -0.361 e. The second kappa shape index (κ2) is 3.80. The summed E-state index contributed by atoms with van der Waals surface area (Å²) in [6.45, 7) is 0.564. The molecule has 3 aliphatic carbocycles. The molecule has 0 unspecified atom stereocenters. The highest BCUT2D eigenvalue weighted by molar-refractivity contribution is 9.12. The van der Waals surface area contributed by atoms with Crippen molar-refractivity contribution in [3.63, 3.8) is 0 Å². The molecular weight excluding hydrogens is 372 g/mol. The first-order valence-electron chi connectivity index (χ1n) is 6.39. The molecule has 1 saturated carbocycles. The zero-order valence-electron chi connectivity index (χ0n) is 10.1. The Kier molecular flexibility index (Phi) is 2.46. The van der Waals surface area contributed by atoms with E-state index in [4.69, 9.17) is 4.74 Å². The van der Waals surface area contributed by atoms with Crippen LogP contribution in [-0.4, -0.2) is 22.3 Å². The summed E-state index contributed by atoms with van der Waals surface area (Å²) in [7, 11) is 0. The predicted octanol–water partition coefficient (Wildman–Crippen LogP) is 3.55. The number of epoxide rings is 1. The van der Waals surface area contributed by atoms with Crippen LogP contribution in [0.25, 0.3) is 0 Å². The summed E-state index contributed by atoms with van der Waals surface area (Å²) in [5.74, 6) is 0.542. The van der Waals surface area contributed by atoms with Gasteiger partial charge in [0.25, 0.3) is 0 Å². The van der Waals surface area contributed by atoms with E-state index in [-0.39, 0.29) is 17.6 Å². The van der Waals surface area contributed by atoms with Crippen molar-refractivity contribution >= 4 is 37.6 Å². The lowest BCUT2D eigenvalue weighted by molar-refractivity contribution is -0.130. The third-order valence-corrected chi connectivity index (χ3v) is 6.54. The lowest BCUT2D eigenvalue weighted by atomic mass is 9.61. The summed E-state index contributed by atoms with van der Waals surface area (Å²) in [6.07, 6.45) is 2.98. The van der Waals surface area contributed by atoms with Crippen molar-refractivity contribution in [2.45, 2.75) is 22.3 Å². The lowest BCUT2D eigenvalue weighted by Crippen LogP contribution is -2.57. The zero-order chi connectivity index (χ0) is 13.3. The minimum atomic E-state index is -0.627. The average Bonchev–Trinajstić information content (AvgIpc) is 3.18. The van der Waals surface area contributed by atoms with Crippen molar-refractivity contribution in [1.82, 2.24) is 0 Å². The van der Waals surface area contributed by atoms with Gasteiger partial charge in [-0.25, -0.2) is 0 Å². The topological polar surface area (TPSA) is 29.6 Å². The van der Waals surface area contributed by atoms with Crippen LogP contribution in [0.2, 0.25) is 0 Å². The summed E-state index contributed by atoms with van der Waals surface area (Å²) in [5, 5.41) is 0. The summed E-state index contributed by atoms with van der Waals surface area (Å²) >= 11 is 7.34. The van der Waals surface area contributed by atoms with Gasteiger partial charge in [-0.2, -0.15) is 0 Å². The van der Waals surface area contributed by atoms with E-state index < -0.39 is 9.93 Å². The maximum Gasteiger partial charge on any atom is 0.188 e. The van der Waals surface area contributed by atoms with Crippen LogP contribution in [-0.2, 0) is 9.53 Å². The van der Waals surface area contributed by atoms with Gasteiger partial charge in [0, 0.05) is 11.8 Å². The monoisotopic (exact) mass is 382 g/mol. The van der Waals surface area contributed by atoms with E-state index in [0.29, 0.717) is 6.61 Å². The molecule has 2 fully saturated rings. The zero-order valence-corrected chi connectivity index (χ0v) is 13.3. The molecule has 4 aliphatic rings. The number of rotatable bonds is 1. The van der Waals surface area contributed by atoms with Gasteiger partial charge in [-0.3, -0.25) is 4.79 Å². The van der Waals surface area contributed by atoms with Crippen LogP contribution in [0.15, 0.2) is 40.9 Å². The van der Waals surface area contributed by atoms with Gasteiger partial charge < -0.3 is 4.74 Å². The number of ether oxygens (including phenoxy) is 1. The van der Waals surface area contributed by atoms with Crippen molar-refractivity contribution in [3.8, 4) is 0 Å². The molecule has 2 bridgehead atoms. The Hall–Kier alpha value is -0.450. The molecule has 1 heterocycles. The number of hydrogen-bond donors (Lipinski definition) is 0. The molecule has 4 atom stereocenters. The van der Waals surface area contributed by atoms with Gasteiger partial charge in [0.05, 0.1) is 6.61 Å². The molecule has 1 spiro atoms. The van der Waals surface area contributed by atoms with Gasteiger partial charge in [0.2, 0.25) is 0 Å². The first-order chi connectivity index (χ1) is 9.08. The second-order valence-corrected chi connectivity index (χ2v) is 7.78. The fourth-order valence-corrected chi connectivity index (χ4v) is 5.77. The van der Waals surface area contributed by atoms with Crippen LogP contribution in [0.4, 0.5) is 0 Å². The highest BCUT2D eigenvalue weighted by Crippen LogP contribution is 2.62. The molecule has 0 amide bonds. The van der Waals surface area contributed by atoms with E-state index >= 15 is 0 Å². The number of benzene rings is 1. The molecule has 98 valence electrons. The maximum absolute atomic E-state index is 12.8. The van der Waals surface area contributed by atoms with E-state index in [0.717, 1.165) is 10.9 Å². The van der Waals surface area contributed by atoms with E-state index in [9.17, 15) is 4.79 Å². The number of alkyl halides is 1. The van der Waals surface area contributed by atoms with Crippen LogP contribution in [0.5, 0.6) is 0 Å². The lowest BCUT2D eigenvalue weighted by Gasteiger charge is -2.48. The third-order valence-electron chi connectivity index (χ3n) is 4.61. The van der Waals surface area contributed by atoms with Gasteiger partial charge >= 0.3 is 0 Å². The summed E-state index contributed by atoms with van der Waals surface area (Å²) in [6, 6.07) is 10.3. The molecule has 0 aromatic heterocycles. The SMILES string of the molecule is O=C1[C@]2(Br)C=C(Br)[C@H](C[C@@H]2c2ccccc2)[C@@]12CO2. The van der Waals surface area contributed by atoms with Gasteiger partial charge in [-0.15, -0.1) is 0 Å². The molecule has 4 heteroatoms. The van der Waals surface area contributed by atoms with Crippen LogP contribution in [0.3, 0.4) is 0 Å². The van der Waals surface area contributed by atoms with Crippen molar-refractivity contribution in [3.05, 3.63) is 46.5 Å². The maximum atomic E-state index is 12.8. The highest BCUT2D eigenvalue weighted by Gasteiger charge is 2.71. The van der Waals surface area contributed by atoms with Crippen molar-refractivity contribution < 1.29 is 9.53 Å². The molecular formula is C15H12Br2O2. The highest BCUT2D eigenvalue weighted by atomic mass is 79.9. The van der Waals surface area contributed by atoms with Crippen molar-refractivity contribution in [2.24, 2.45) is 5.92 Å². The van der Waals surface area contributed by atoms with E-state index in [2.05, 4.69) is 44.0 Å². The molecule has 0 radical (unpaired) electrons. The quantitative estimate of drug-likeness (QED) is 0.548. The van der Waals surface area contributed by atoms with Crippen LogP contribution < -0.4 is 0 Å². The standard InChI is InChI=1S/C15H12Br2O2/c16-12-7-14(17)10(9-4-2-1-3-5-9)6-11(12)15(8-19-15)13(14)18/h1-5,7,10-11H,6,8H2/t10-,11+,14+,15+/m1/s1. The fourth-order valence-electron chi connectivity index (χ4n) is 3.52. The second-order valence-electron chi connectivity index (χ2n) is 5.56. The molecule has 19 heavy (non-hydrogen) atoms. The number of allylic oxidation sites excluding steroid dienone is 1. The molecule has 1 aromatic rings. The third kappa shape index (κ3) is 1.48. The number of fused-ring (bicyclic) bond motifs is 1. The number of carbonyl (C=O) groups is 1. The summed E-state index contributed by atoms with van der Waals surface area (Å²) in [4.78, 5) is 12.8. The Morgan fingerprint density at radius 1 is 1.21 bits per heavy atom. The van der Waals surface area contributed by atoms with Gasteiger partial charge in [-0.1, -0.05) is 62.2 Å². The Morgan fingerprint density at radius 2 is 1.89 bits per heavy atom. The largest absolute Gasteiger partial charge is 0.361 e. The molecule has 5 rings (SSSR count). The average molecular weight is 384 g/mol. The Balaban J connectivity index is 1.85. The van der Waals surface area contributed by atoms with Crippen molar-refractivity contribution in [1.29, 1.82) is 0 Å². The van der Waals surface area contributed by atoms with E-state index in [1.807, 2.05) is 24.3 Å². The molecule has 1 aromatic carbocycles. The van der Waals surface area contributed by atoms with Crippen LogP contribution in [0, 0.1) is 5.92 Å². The summed E-state index contributed by atoms with van der Waals surface area (Å²) < 4.78 is 6.03. The minimum absolute atomic E-state index is 0.171. The number of Topliss-reactive ketones (excluding diaryl/α,β-unsaturated/α-hetero) is 1. The van der Waals surface area contributed by atoms with Crippen molar-refractivity contribution in [2.75, 3.05) is 6.61 Å². The van der Waals surface area contributed by atoms with Gasteiger partial charge in [-0.05, 0) is 22.5 Å². The number of ketones is 1. The molecule has 0 N–H and O–H groups in total. The molecule has 2 nitrogen and oxygen atoms in total. The van der Waals surface area contributed by atoms with E-state index in [1.165, 1.54) is 5.56 Å². The number of hydrogen-bond acceptors (Lipinski definition) is 2. The molecule has 1 saturated heterocycles. The normalized spacial score (nSPS) is 43.5. The predicted molar refractivity (Wildman–Crippen MR) is 79.6 cm³/mol. The Labute approximate surface area is 128 Å². The number of halogens is 2. The first kappa shape index (κ1) is 12.3. The molecule has 1 aliphatic heterocycles. The smallest absolute Gasteiger partial charge is 0.188 e. The first-order valence-corrected chi connectivity index (χ1v) is 7.97. The Bertz CT molecular complexity index is 591. The van der Waals surface area contributed by atoms with Crippen LogP contribution in [0.1, 0.15) is 17.9 Å². The summed E-state index contributed by atoms with van der Waals surface area (Å²) in [5.41, 5.74) is 0.659. The van der Waals surface area contributed by atoms with Gasteiger partial charge in [0.15, 0.2) is 11.4 Å². The van der Waals surface area contributed by atoms with E-state index in [1.54, 1.807) is 0 Å².